The van der Waals surface area contributed by atoms with E-state index in [0.29, 0.717) is 37.2 Å². The molecule has 1 aliphatic carbocycles. The summed E-state index contributed by atoms with van der Waals surface area (Å²) >= 11 is 0. The van der Waals surface area contributed by atoms with Crippen molar-refractivity contribution in [2.45, 2.75) is 31.8 Å². The quantitative estimate of drug-likeness (QED) is 0.826. The number of amides is 2. The van der Waals surface area contributed by atoms with Gasteiger partial charge in [-0.3, -0.25) is 9.59 Å². The van der Waals surface area contributed by atoms with Gasteiger partial charge in [-0.05, 0) is 49.2 Å². The van der Waals surface area contributed by atoms with Gasteiger partial charge < -0.3 is 15.0 Å². The number of halogens is 2. The Bertz CT molecular complexity index is 905. The van der Waals surface area contributed by atoms with Crippen LogP contribution in [0.5, 0.6) is 5.75 Å². The highest BCUT2D eigenvalue weighted by atomic mass is 19.1. The molecule has 0 aromatic heterocycles. The number of likely N-dealkylation sites (tertiary alicyclic amines) is 1. The number of carbonyl (C=O) groups is 2. The predicted molar refractivity (Wildman–Crippen MR) is 104 cm³/mol. The molecule has 29 heavy (non-hydrogen) atoms. The number of hydrogen-bond donors (Lipinski definition) is 1. The maximum absolute atomic E-state index is 13.7. The Morgan fingerprint density at radius 1 is 0.966 bits per heavy atom. The molecule has 2 aliphatic rings. The largest absolute Gasteiger partial charge is 0.487 e. The van der Waals surface area contributed by atoms with Crippen LogP contribution in [0.2, 0.25) is 0 Å². The third-order valence-electron chi connectivity index (χ3n) is 5.26. The van der Waals surface area contributed by atoms with E-state index in [9.17, 15) is 18.4 Å². The molecule has 2 aromatic rings. The van der Waals surface area contributed by atoms with E-state index < -0.39 is 11.6 Å². The van der Waals surface area contributed by atoms with Crippen LogP contribution in [0.25, 0.3) is 0 Å². The summed E-state index contributed by atoms with van der Waals surface area (Å²) < 4.78 is 32.4. The van der Waals surface area contributed by atoms with Gasteiger partial charge in [-0.2, -0.15) is 0 Å². The van der Waals surface area contributed by atoms with Crippen LogP contribution in [0.4, 0.5) is 14.5 Å². The third-order valence-corrected chi connectivity index (χ3v) is 5.26. The fourth-order valence-electron chi connectivity index (χ4n) is 3.40. The van der Waals surface area contributed by atoms with E-state index in [4.69, 9.17) is 4.74 Å². The average molecular weight is 400 g/mol. The molecule has 5 nitrogen and oxygen atoms in total. The molecule has 7 heteroatoms. The van der Waals surface area contributed by atoms with Gasteiger partial charge in [-0.1, -0.05) is 0 Å². The van der Waals surface area contributed by atoms with Gasteiger partial charge in [0.25, 0.3) is 5.91 Å². The monoisotopic (exact) mass is 400 g/mol. The summed E-state index contributed by atoms with van der Waals surface area (Å²) in [5.41, 5.74) is 1.24. The molecule has 0 unspecified atom stereocenters. The number of hydrogen-bond acceptors (Lipinski definition) is 3. The Hall–Kier alpha value is -2.96. The lowest BCUT2D eigenvalue weighted by Crippen LogP contribution is -2.41. The van der Waals surface area contributed by atoms with Gasteiger partial charge in [-0.25, -0.2) is 8.78 Å². The second-order valence-corrected chi connectivity index (χ2v) is 7.53. The minimum atomic E-state index is -0.725. The number of piperidine rings is 1. The van der Waals surface area contributed by atoms with Crippen molar-refractivity contribution in [1.82, 2.24) is 4.90 Å². The molecule has 1 aliphatic heterocycles. The number of benzene rings is 2. The molecule has 0 spiro atoms. The van der Waals surface area contributed by atoms with Gasteiger partial charge >= 0.3 is 0 Å². The van der Waals surface area contributed by atoms with E-state index in [-0.39, 0.29) is 29.6 Å². The van der Waals surface area contributed by atoms with Crippen LogP contribution in [0.1, 0.15) is 36.0 Å². The van der Waals surface area contributed by atoms with Crippen molar-refractivity contribution in [3.63, 3.8) is 0 Å². The summed E-state index contributed by atoms with van der Waals surface area (Å²) in [4.78, 5) is 26.2. The standard InChI is InChI=1S/C22H22F2N2O3/c23-16-5-8-20(19(24)13-16)29-18-9-11-26(12-10-18)22(28)15-3-6-17(7-4-15)25-21(27)14-1-2-14/h3-8,13-14,18H,1-2,9-12H2,(H,25,27). The van der Waals surface area contributed by atoms with Gasteiger partial charge in [-0.15, -0.1) is 0 Å². The van der Waals surface area contributed by atoms with Crippen LogP contribution >= 0.6 is 0 Å². The van der Waals surface area contributed by atoms with Crippen LogP contribution < -0.4 is 10.1 Å². The van der Waals surface area contributed by atoms with Crippen molar-refractivity contribution in [3.05, 3.63) is 59.7 Å². The van der Waals surface area contributed by atoms with Crippen molar-refractivity contribution < 1.29 is 23.1 Å². The van der Waals surface area contributed by atoms with E-state index in [1.54, 1.807) is 29.2 Å². The Labute approximate surface area is 167 Å². The zero-order valence-electron chi connectivity index (χ0n) is 15.9. The lowest BCUT2D eigenvalue weighted by molar-refractivity contribution is -0.117. The molecule has 0 bridgehead atoms. The minimum absolute atomic E-state index is 0.0278. The molecule has 0 atom stereocenters. The Morgan fingerprint density at radius 2 is 1.66 bits per heavy atom. The summed E-state index contributed by atoms with van der Waals surface area (Å²) in [5, 5.41) is 2.85. The first-order chi connectivity index (χ1) is 14.0. The fourth-order valence-corrected chi connectivity index (χ4v) is 3.40. The summed E-state index contributed by atoms with van der Waals surface area (Å²) in [6.07, 6.45) is 2.79. The smallest absolute Gasteiger partial charge is 0.253 e. The highest BCUT2D eigenvalue weighted by molar-refractivity contribution is 5.96. The zero-order chi connectivity index (χ0) is 20.4. The topological polar surface area (TPSA) is 58.6 Å². The van der Waals surface area contributed by atoms with Crippen LogP contribution in [0.15, 0.2) is 42.5 Å². The Morgan fingerprint density at radius 3 is 2.28 bits per heavy atom. The molecule has 1 N–H and O–H groups in total. The minimum Gasteiger partial charge on any atom is -0.487 e. The molecule has 152 valence electrons. The lowest BCUT2D eigenvalue weighted by Gasteiger charge is -2.32. The molecule has 2 fully saturated rings. The molecule has 1 saturated carbocycles. The molecule has 0 radical (unpaired) electrons. The first-order valence-corrected chi connectivity index (χ1v) is 9.81. The number of nitrogens with zero attached hydrogens (tertiary/aromatic N) is 1. The third kappa shape index (κ3) is 4.72. The summed E-state index contributed by atoms with van der Waals surface area (Å²) in [6, 6.07) is 10.1. The van der Waals surface area contributed by atoms with Crippen molar-refractivity contribution >= 4 is 17.5 Å². The first kappa shape index (κ1) is 19.4. The van der Waals surface area contributed by atoms with Gasteiger partial charge in [0.1, 0.15) is 11.9 Å². The molecule has 2 amide bonds. The number of rotatable bonds is 5. The Kier molecular flexibility index (Phi) is 5.47. The second kappa shape index (κ2) is 8.19. The highest BCUT2D eigenvalue weighted by Crippen LogP contribution is 2.30. The molecular formula is C22H22F2N2O3. The predicted octanol–water partition coefficient (Wildman–Crippen LogP) is 4.00. The molecular weight excluding hydrogens is 378 g/mol. The van der Waals surface area contributed by atoms with E-state index in [1.165, 1.54) is 6.07 Å². The van der Waals surface area contributed by atoms with Crippen LogP contribution in [0, 0.1) is 17.6 Å². The molecule has 2 aromatic carbocycles. The summed E-state index contributed by atoms with van der Waals surface area (Å²) in [6.45, 7) is 0.985. The second-order valence-electron chi connectivity index (χ2n) is 7.53. The average Bonchev–Trinajstić information content (AvgIpc) is 3.56. The molecule has 1 heterocycles. The maximum atomic E-state index is 13.7. The van der Waals surface area contributed by atoms with Crippen LogP contribution in [0.3, 0.4) is 0 Å². The number of nitrogens with one attached hydrogen (secondary N) is 1. The molecule has 4 rings (SSSR count). The fraction of sp³-hybridized carbons (Fsp3) is 0.364. The van der Waals surface area contributed by atoms with E-state index in [1.807, 2.05) is 0 Å². The first-order valence-electron chi connectivity index (χ1n) is 9.81. The van der Waals surface area contributed by atoms with Gasteiger partial charge in [0.2, 0.25) is 5.91 Å². The van der Waals surface area contributed by atoms with Gasteiger partial charge in [0.05, 0.1) is 0 Å². The van der Waals surface area contributed by atoms with Crippen molar-refractivity contribution in [2.24, 2.45) is 5.92 Å². The van der Waals surface area contributed by atoms with Gasteiger partial charge in [0, 0.05) is 49.2 Å². The van der Waals surface area contributed by atoms with Gasteiger partial charge in [0.15, 0.2) is 11.6 Å². The van der Waals surface area contributed by atoms with E-state index in [2.05, 4.69) is 5.32 Å². The van der Waals surface area contributed by atoms with Crippen molar-refractivity contribution in [3.8, 4) is 5.75 Å². The van der Waals surface area contributed by atoms with Crippen LogP contribution in [-0.2, 0) is 4.79 Å². The lowest BCUT2D eigenvalue weighted by atomic mass is 10.1. The highest BCUT2D eigenvalue weighted by Gasteiger charge is 2.29. The van der Waals surface area contributed by atoms with Crippen molar-refractivity contribution in [1.29, 1.82) is 0 Å². The number of ether oxygens (including phenoxy) is 1. The Balaban J connectivity index is 1.29. The van der Waals surface area contributed by atoms with E-state index >= 15 is 0 Å². The SMILES string of the molecule is O=C(Nc1ccc(C(=O)N2CCC(Oc3ccc(F)cc3F)CC2)cc1)C1CC1. The van der Waals surface area contributed by atoms with E-state index in [0.717, 1.165) is 25.0 Å². The maximum Gasteiger partial charge on any atom is 0.253 e. The number of anilines is 1. The van der Waals surface area contributed by atoms with Crippen molar-refractivity contribution in [2.75, 3.05) is 18.4 Å². The normalized spacial score (nSPS) is 17.1. The summed E-state index contributed by atoms with van der Waals surface area (Å²) in [7, 11) is 0. The van der Waals surface area contributed by atoms with Crippen LogP contribution in [-0.4, -0.2) is 35.9 Å². The number of carbonyl (C=O) groups excluding carboxylic acids is 2. The zero-order valence-corrected chi connectivity index (χ0v) is 15.9. The summed E-state index contributed by atoms with van der Waals surface area (Å²) in [5.74, 6) is -1.27. The molecule has 1 saturated heterocycles.